The molecule has 0 saturated carbocycles. The van der Waals surface area contributed by atoms with Crippen molar-refractivity contribution in [1.29, 1.82) is 0 Å². The van der Waals surface area contributed by atoms with Crippen LogP contribution < -0.4 is 5.73 Å². The number of piperidine rings is 1. The van der Waals surface area contributed by atoms with Gasteiger partial charge in [-0.25, -0.2) is 0 Å². The molecule has 1 aromatic carbocycles. The first-order valence-electron chi connectivity index (χ1n) is 8.75. The molecule has 1 aromatic rings. The molecule has 7 heteroatoms. The highest BCUT2D eigenvalue weighted by atomic mass is 35.5. The number of rotatable bonds is 8. The van der Waals surface area contributed by atoms with Gasteiger partial charge in [0.1, 0.15) is 5.54 Å². The van der Waals surface area contributed by atoms with Gasteiger partial charge in [-0.3, -0.25) is 9.69 Å². The fraction of sp³-hybridized carbons (Fsp3) is 0.611. The van der Waals surface area contributed by atoms with Crippen LogP contribution in [0, 0.1) is 5.92 Å². The normalized spacial score (nSPS) is 18.8. The highest BCUT2D eigenvalue weighted by Crippen LogP contribution is 2.32. The Labute approximate surface area is 161 Å². The highest BCUT2D eigenvalue weighted by Gasteiger charge is 2.42. The van der Waals surface area contributed by atoms with E-state index in [1.165, 1.54) is 0 Å². The fourth-order valence-electron chi connectivity index (χ4n) is 3.55. The SMILES string of the molecule is [B]CCCC[C@](N)(C(=O)O)C1CCN(Cc2ccc(Cl)c(Cl)c2)CC1. The van der Waals surface area contributed by atoms with Crippen molar-refractivity contribution in [2.45, 2.75) is 50.5 Å². The van der Waals surface area contributed by atoms with Gasteiger partial charge in [-0.05, 0) is 56.0 Å². The number of hydrogen-bond donors (Lipinski definition) is 2. The van der Waals surface area contributed by atoms with Gasteiger partial charge in [0.15, 0.2) is 0 Å². The van der Waals surface area contributed by atoms with Crippen LogP contribution >= 0.6 is 23.2 Å². The number of carboxylic acids is 1. The molecule has 25 heavy (non-hydrogen) atoms. The Kier molecular flexibility index (Phi) is 7.62. The van der Waals surface area contributed by atoms with Crippen molar-refractivity contribution in [3.63, 3.8) is 0 Å². The molecule has 0 unspecified atom stereocenters. The number of aliphatic carboxylic acids is 1. The molecule has 1 aliphatic heterocycles. The number of carbonyl (C=O) groups is 1. The lowest BCUT2D eigenvalue weighted by Crippen LogP contribution is -2.56. The summed E-state index contributed by atoms with van der Waals surface area (Å²) in [5.74, 6) is -0.903. The molecular formula is C18H25BCl2N2O2. The molecule has 1 fully saturated rings. The number of nitrogens with zero attached hydrogens (tertiary/aromatic N) is 1. The van der Waals surface area contributed by atoms with E-state index in [0.29, 0.717) is 22.8 Å². The van der Waals surface area contributed by atoms with Crippen LogP contribution in [0.3, 0.4) is 0 Å². The summed E-state index contributed by atoms with van der Waals surface area (Å²) in [6, 6.07) is 5.66. The largest absolute Gasteiger partial charge is 0.480 e. The van der Waals surface area contributed by atoms with Crippen LogP contribution in [-0.4, -0.2) is 42.5 Å². The van der Waals surface area contributed by atoms with Gasteiger partial charge in [0.25, 0.3) is 0 Å². The molecule has 1 atom stereocenters. The monoisotopic (exact) mass is 382 g/mol. The van der Waals surface area contributed by atoms with Crippen molar-refractivity contribution < 1.29 is 9.90 Å². The van der Waals surface area contributed by atoms with E-state index in [1.807, 2.05) is 12.1 Å². The molecule has 0 bridgehead atoms. The van der Waals surface area contributed by atoms with Crippen LogP contribution in [0.5, 0.6) is 0 Å². The Morgan fingerprint density at radius 2 is 1.96 bits per heavy atom. The number of carboxylic acid groups (broad SMARTS) is 1. The molecule has 0 aliphatic carbocycles. The summed E-state index contributed by atoms with van der Waals surface area (Å²) in [5.41, 5.74) is 6.26. The standard InChI is InChI=1S/C18H25BCl2N2O2/c19-8-2-1-7-18(22,17(24)25)14-5-9-23(10-6-14)12-13-3-4-15(20)16(21)11-13/h3-4,11,14H,1-2,5-10,12,22H2,(H,24,25)/t18-/m1/s1. The zero-order valence-electron chi connectivity index (χ0n) is 14.4. The van der Waals surface area contributed by atoms with Gasteiger partial charge in [-0.1, -0.05) is 48.4 Å². The van der Waals surface area contributed by atoms with Gasteiger partial charge >= 0.3 is 5.97 Å². The summed E-state index contributed by atoms with van der Waals surface area (Å²) in [7, 11) is 5.51. The molecule has 3 N–H and O–H groups in total. The summed E-state index contributed by atoms with van der Waals surface area (Å²) in [6.07, 6.45) is 4.18. The van der Waals surface area contributed by atoms with Crippen molar-refractivity contribution in [3.8, 4) is 0 Å². The van der Waals surface area contributed by atoms with Gasteiger partial charge < -0.3 is 10.8 Å². The van der Waals surface area contributed by atoms with Gasteiger partial charge in [0.05, 0.1) is 17.9 Å². The number of benzene rings is 1. The lowest BCUT2D eigenvalue weighted by atomic mass is 9.75. The van der Waals surface area contributed by atoms with Crippen molar-refractivity contribution >= 4 is 37.0 Å². The Hall–Kier alpha value is -0.745. The molecule has 0 spiro atoms. The lowest BCUT2D eigenvalue weighted by molar-refractivity contribution is -0.147. The Bertz CT molecular complexity index is 594. The van der Waals surface area contributed by atoms with E-state index in [0.717, 1.165) is 50.9 Å². The molecule has 4 nitrogen and oxygen atoms in total. The average molecular weight is 383 g/mol. The molecule has 1 heterocycles. The number of hydrogen-bond acceptors (Lipinski definition) is 3. The molecule has 1 aliphatic rings. The van der Waals surface area contributed by atoms with Crippen LogP contribution in [0.25, 0.3) is 0 Å². The van der Waals surface area contributed by atoms with Gasteiger partial charge in [0, 0.05) is 6.54 Å². The van der Waals surface area contributed by atoms with Gasteiger partial charge in [0.2, 0.25) is 0 Å². The van der Waals surface area contributed by atoms with E-state index in [1.54, 1.807) is 6.07 Å². The van der Waals surface area contributed by atoms with E-state index < -0.39 is 11.5 Å². The predicted molar refractivity (Wildman–Crippen MR) is 103 cm³/mol. The second kappa shape index (κ2) is 9.27. The minimum atomic E-state index is -1.15. The first-order chi connectivity index (χ1) is 11.9. The summed E-state index contributed by atoms with van der Waals surface area (Å²) >= 11 is 12.0. The molecule has 0 aromatic heterocycles. The highest BCUT2D eigenvalue weighted by molar-refractivity contribution is 6.42. The first-order valence-corrected chi connectivity index (χ1v) is 9.51. The van der Waals surface area contributed by atoms with Crippen LogP contribution in [0.2, 0.25) is 16.4 Å². The molecular weight excluding hydrogens is 358 g/mol. The second-order valence-corrected chi connectivity index (χ2v) is 7.70. The summed E-state index contributed by atoms with van der Waals surface area (Å²) in [6.45, 7) is 2.43. The minimum Gasteiger partial charge on any atom is -0.480 e. The topological polar surface area (TPSA) is 66.6 Å². The van der Waals surface area contributed by atoms with Crippen molar-refractivity contribution in [3.05, 3.63) is 33.8 Å². The predicted octanol–water partition coefficient (Wildman–Crippen LogP) is 3.74. The maximum absolute atomic E-state index is 11.8. The van der Waals surface area contributed by atoms with Crippen molar-refractivity contribution in [2.24, 2.45) is 11.7 Å². The van der Waals surface area contributed by atoms with Crippen LogP contribution in [0.4, 0.5) is 0 Å². The molecule has 2 rings (SSSR count). The van der Waals surface area contributed by atoms with Crippen molar-refractivity contribution in [1.82, 2.24) is 4.90 Å². The maximum Gasteiger partial charge on any atom is 0.323 e. The smallest absolute Gasteiger partial charge is 0.323 e. The van der Waals surface area contributed by atoms with Crippen LogP contribution in [0.1, 0.15) is 37.7 Å². The number of unbranched alkanes of at least 4 members (excludes halogenated alkanes) is 1. The average Bonchev–Trinajstić information content (AvgIpc) is 2.59. The van der Waals surface area contributed by atoms with E-state index >= 15 is 0 Å². The Morgan fingerprint density at radius 3 is 2.52 bits per heavy atom. The third kappa shape index (κ3) is 5.36. The first kappa shape index (κ1) is 20.6. The van der Waals surface area contributed by atoms with Gasteiger partial charge in [-0.15, -0.1) is 0 Å². The fourth-order valence-corrected chi connectivity index (χ4v) is 3.87. The van der Waals surface area contributed by atoms with Crippen molar-refractivity contribution in [2.75, 3.05) is 13.1 Å². The van der Waals surface area contributed by atoms with E-state index in [2.05, 4.69) is 4.90 Å². The zero-order valence-corrected chi connectivity index (χ0v) is 15.9. The van der Waals surface area contributed by atoms with Gasteiger partial charge in [-0.2, -0.15) is 0 Å². The second-order valence-electron chi connectivity index (χ2n) is 6.89. The van der Waals surface area contributed by atoms with E-state index in [4.69, 9.17) is 36.8 Å². The summed E-state index contributed by atoms with van der Waals surface area (Å²) in [4.78, 5) is 14.1. The minimum absolute atomic E-state index is 0.00664. The Morgan fingerprint density at radius 1 is 1.28 bits per heavy atom. The zero-order chi connectivity index (χ0) is 18.4. The van der Waals surface area contributed by atoms with E-state index in [-0.39, 0.29) is 5.92 Å². The molecule has 0 amide bonds. The maximum atomic E-state index is 11.8. The summed E-state index contributed by atoms with van der Waals surface area (Å²) < 4.78 is 0. The van der Waals surface area contributed by atoms with E-state index in [9.17, 15) is 9.90 Å². The summed E-state index contributed by atoms with van der Waals surface area (Å²) in [5, 5.41) is 10.8. The number of nitrogens with two attached hydrogens (primary N) is 1. The third-order valence-corrected chi connectivity index (χ3v) is 5.89. The molecule has 1 saturated heterocycles. The quantitative estimate of drug-likeness (QED) is 0.530. The van der Waals surface area contributed by atoms with Crippen LogP contribution in [0.15, 0.2) is 18.2 Å². The molecule has 2 radical (unpaired) electrons. The lowest BCUT2D eigenvalue weighted by Gasteiger charge is -2.40. The molecule has 136 valence electrons. The Balaban J connectivity index is 1.92. The third-order valence-electron chi connectivity index (χ3n) is 5.15. The van der Waals surface area contributed by atoms with Crippen LogP contribution in [-0.2, 0) is 11.3 Å². The number of likely N-dealkylation sites (tertiary alicyclic amines) is 1. The number of halogens is 2.